The Hall–Kier alpha value is -2.12. The number of hydrogen-bond acceptors (Lipinski definition) is 2. The number of nitrogens with zero attached hydrogens (tertiary/aromatic N) is 2. The molecule has 0 aliphatic heterocycles. The third kappa shape index (κ3) is 3.06. The second-order valence-corrected chi connectivity index (χ2v) is 4.12. The van der Waals surface area contributed by atoms with Crippen molar-refractivity contribution in [3.05, 3.63) is 47.3 Å². The molecule has 0 amide bonds. The summed E-state index contributed by atoms with van der Waals surface area (Å²) in [5.41, 5.74) is -0.803. The predicted molar refractivity (Wildman–Crippen MR) is 61.9 cm³/mol. The summed E-state index contributed by atoms with van der Waals surface area (Å²) < 4.78 is 64.4. The second kappa shape index (κ2) is 5.10. The lowest BCUT2D eigenvalue weighted by Gasteiger charge is -2.05. The van der Waals surface area contributed by atoms with Gasteiger partial charge in [0.25, 0.3) is 0 Å². The van der Waals surface area contributed by atoms with Crippen LogP contribution in [0.4, 0.5) is 27.6 Å². The maximum absolute atomic E-state index is 13.3. The SMILES string of the molecule is Cn1nc(CNc2ccc(F)cc2F)cc1C(F)(F)F. The molecule has 0 unspecified atom stereocenters. The van der Waals surface area contributed by atoms with E-state index in [0.717, 1.165) is 18.2 Å². The van der Waals surface area contributed by atoms with E-state index in [4.69, 9.17) is 0 Å². The molecule has 8 heteroatoms. The molecule has 0 radical (unpaired) electrons. The summed E-state index contributed by atoms with van der Waals surface area (Å²) >= 11 is 0. The Balaban J connectivity index is 2.12. The molecular formula is C12H10F5N3. The first-order valence-electron chi connectivity index (χ1n) is 5.56. The number of aryl methyl sites for hydroxylation is 1. The Bertz CT molecular complexity index is 618. The molecule has 3 nitrogen and oxygen atoms in total. The maximum atomic E-state index is 13.3. The van der Waals surface area contributed by atoms with Gasteiger partial charge in [0.1, 0.15) is 17.3 Å². The van der Waals surface area contributed by atoms with Crippen LogP contribution in [0.2, 0.25) is 0 Å². The van der Waals surface area contributed by atoms with Crippen LogP contribution in [0.3, 0.4) is 0 Å². The number of benzene rings is 1. The van der Waals surface area contributed by atoms with Crippen LogP contribution in [0.15, 0.2) is 24.3 Å². The number of hydrogen-bond donors (Lipinski definition) is 1. The van der Waals surface area contributed by atoms with Gasteiger partial charge in [0, 0.05) is 13.1 Å². The van der Waals surface area contributed by atoms with Crippen molar-refractivity contribution in [1.29, 1.82) is 0 Å². The fourth-order valence-electron chi connectivity index (χ4n) is 1.70. The molecule has 0 saturated heterocycles. The standard InChI is InChI=1S/C12H10F5N3/c1-20-11(12(15,16)17)5-8(19-20)6-18-10-3-2-7(13)4-9(10)14/h2-5,18H,6H2,1H3. The Morgan fingerprint density at radius 3 is 2.45 bits per heavy atom. The lowest BCUT2D eigenvalue weighted by molar-refractivity contribution is -0.143. The highest BCUT2D eigenvalue weighted by atomic mass is 19.4. The molecule has 0 spiro atoms. The van der Waals surface area contributed by atoms with E-state index in [-0.39, 0.29) is 17.9 Å². The highest BCUT2D eigenvalue weighted by Crippen LogP contribution is 2.29. The van der Waals surface area contributed by atoms with Gasteiger partial charge in [-0.15, -0.1) is 0 Å². The number of nitrogens with one attached hydrogen (secondary N) is 1. The smallest absolute Gasteiger partial charge is 0.377 e. The van der Waals surface area contributed by atoms with Crippen molar-refractivity contribution in [3.8, 4) is 0 Å². The van der Waals surface area contributed by atoms with E-state index in [1.54, 1.807) is 0 Å². The molecule has 0 fully saturated rings. The van der Waals surface area contributed by atoms with Crippen LogP contribution in [0.1, 0.15) is 11.4 Å². The van der Waals surface area contributed by atoms with Crippen LogP contribution in [0.5, 0.6) is 0 Å². The van der Waals surface area contributed by atoms with Crippen LogP contribution < -0.4 is 5.32 Å². The largest absolute Gasteiger partial charge is 0.433 e. The Morgan fingerprint density at radius 2 is 1.90 bits per heavy atom. The molecule has 20 heavy (non-hydrogen) atoms. The average molecular weight is 291 g/mol. The first-order valence-corrected chi connectivity index (χ1v) is 5.56. The normalized spacial score (nSPS) is 11.7. The number of alkyl halides is 3. The van der Waals surface area contributed by atoms with E-state index >= 15 is 0 Å². The number of anilines is 1. The number of rotatable bonds is 3. The van der Waals surface area contributed by atoms with E-state index in [1.165, 1.54) is 7.05 Å². The van der Waals surface area contributed by atoms with Gasteiger partial charge in [-0.05, 0) is 18.2 Å². The van der Waals surface area contributed by atoms with E-state index < -0.39 is 23.5 Å². The zero-order valence-electron chi connectivity index (χ0n) is 10.3. The van der Waals surface area contributed by atoms with Gasteiger partial charge in [-0.25, -0.2) is 8.78 Å². The summed E-state index contributed by atoms with van der Waals surface area (Å²) in [4.78, 5) is 0. The number of aromatic nitrogens is 2. The highest BCUT2D eigenvalue weighted by Gasteiger charge is 2.34. The minimum Gasteiger partial charge on any atom is -0.377 e. The van der Waals surface area contributed by atoms with Crippen LogP contribution in [0.25, 0.3) is 0 Å². The van der Waals surface area contributed by atoms with Gasteiger partial charge in [-0.2, -0.15) is 18.3 Å². The monoisotopic (exact) mass is 291 g/mol. The van der Waals surface area contributed by atoms with Crippen molar-refractivity contribution in [3.63, 3.8) is 0 Å². The first-order chi connectivity index (χ1) is 9.27. The zero-order chi connectivity index (χ0) is 14.9. The van der Waals surface area contributed by atoms with Crippen molar-refractivity contribution >= 4 is 5.69 Å². The minimum atomic E-state index is -4.50. The Kier molecular flexibility index (Phi) is 3.65. The van der Waals surface area contributed by atoms with Crippen LogP contribution in [-0.2, 0) is 19.8 Å². The van der Waals surface area contributed by atoms with E-state index in [1.807, 2.05) is 0 Å². The summed E-state index contributed by atoms with van der Waals surface area (Å²) in [6, 6.07) is 3.76. The average Bonchev–Trinajstić information content (AvgIpc) is 2.69. The van der Waals surface area contributed by atoms with Gasteiger partial charge in [-0.1, -0.05) is 0 Å². The van der Waals surface area contributed by atoms with Crippen LogP contribution in [-0.4, -0.2) is 9.78 Å². The van der Waals surface area contributed by atoms with E-state index in [9.17, 15) is 22.0 Å². The molecule has 0 atom stereocenters. The van der Waals surface area contributed by atoms with Gasteiger partial charge >= 0.3 is 6.18 Å². The highest BCUT2D eigenvalue weighted by molar-refractivity contribution is 5.44. The molecule has 0 aliphatic carbocycles. The van der Waals surface area contributed by atoms with Crippen molar-refractivity contribution in [2.75, 3.05) is 5.32 Å². The van der Waals surface area contributed by atoms with E-state index in [0.29, 0.717) is 10.7 Å². The van der Waals surface area contributed by atoms with Gasteiger partial charge in [0.05, 0.1) is 17.9 Å². The van der Waals surface area contributed by atoms with Crippen LogP contribution >= 0.6 is 0 Å². The fourth-order valence-corrected chi connectivity index (χ4v) is 1.70. The van der Waals surface area contributed by atoms with Crippen LogP contribution in [0, 0.1) is 11.6 Å². The van der Waals surface area contributed by atoms with Gasteiger partial charge in [0.2, 0.25) is 0 Å². The maximum Gasteiger partial charge on any atom is 0.433 e. The summed E-state index contributed by atoms with van der Waals surface area (Å²) in [5, 5.41) is 6.24. The van der Waals surface area contributed by atoms with E-state index in [2.05, 4.69) is 10.4 Å². The van der Waals surface area contributed by atoms with Crippen molar-refractivity contribution in [2.24, 2.45) is 7.05 Å². The third-order valence-electron chi connectivity index (χ3n) is 2.61. The van der Waals surface area contributed by atoms with Gasteiger partial charge in [-0.3, -0.25) is 4.68 Å². The fraction of sp³-hybridized carbons (Fsp3) is 0.250. The summed E-state index contributed by atoms with van der Waals surface area (Å²) in [5.74, 6) is -1.55. The minimum absolute atomic E-state index is 0.00869. The molecule has 1 heterocycles. The zero-order valence-corrected chi connectivity index (χ0v) is 10.3. The van der Waals surface area contributed by atoms with Crippen molar-refractivity contribution in [2.45, 2.75) is 12.7 Å². The Morgan fingerprint density at radius 1 is 1.20 bits per heavy atom. The van der Waals surface area contributed by atoms with Gasteiger partial charge in [0.15, 0.2) is 0 Å². The summed E-state index contributed by atoms with van der Waals surface area (Å²) in [6.45, 7) is -0.105. The molecule has 108 valence electrons. The Labute approximate surface area is 111 Å². The third-order valence-corrected chi connectivity index (χ3v) is 2.61. The summed E-state index contributed by atoms with van der Waals surface area (Å²) in [6.07, 6.45) is -4.50. The molecule has 0 bridgehead atoms. The quantitative estimate of drug-likeness (QED) is 0.879. The topological polar surface area (TPSA) is 29.9 Å². The molecular weight excluding hydrogens is 281 g/mol. The predicted octanol–water partition coefficient (Wildman–Crippen LogP) is 3.33. The first kappa shape index (κ1) is 14.3. The molecule has 1 aromatic carbocycles. The molecule has 2 rings (SSSR count). The molecule has 1 aromatic heterocycles. The van der Waals surface area contributed by atoms with Crippen molar-refractivity contribution < 1.29 is 22.0 Å². The lowest BCUT2D eigenvalue weighted by Crippen LogP contribution is -2.11. The lowest BCUT2D eigenvalue weighted by atomic mass is 10.3. The number of halogens is 5. The molecule has 0 saturated carbocycles. The molecule has 2 aromatic rings. The molecule has 1 N–H and O–H groups in total. The second-order valence-electron chi connectivity index (χ2n) is 4.12. The van der Waals surface area contributed by atoms with Crippen molar-refractivity contribution in [1.82, 2.24) is 9.78 Å². The molecule has 0 aliphatic rings. The van der Waals surface area contributed by atoms with Gasteiger partial charge < -0.3 is 5.32 Å². The summed E-state index contributed by atoms with van der Waals surface area (Å²) in [7, 11) is 1.17.